The Hall–Kier alpha value is -10.7. The molecule has 16 rings (SSSR count). The van der Waals surface area contributed by atoms with Crippen LogP contribution in [0.5, 0.6) is 0 Å². The predicted octanol–water partition coefficient (Wildman–Crippen LogP) is 26.7. The summed E-state index contributed by atoms with van der Waals surface area (Å²) in [5, 5.41) is 2.53. The molecule has 4 heteroatoms. The highest BCUT2D eigenvalue weighted by Crippen LogP contribution is 2.56. The van der Waals surface area contributed by atoms with E-state index in [-0.39, 0.29) is 39.2 Å². The summed E-state index contributed by atoms with van der Waals surface area (Å²) >= 11 is 0. The molecule has 0 saturated carbocycles. The molecule has 14 aromatic rings. The Labute approximate surface area is 631 Å². The molecule has 2 aliphatic heterocycles. The SMILES string of the molecule is CC(C)(C)c1ccc(-c2ccc3c(c2)N(c2c(-c4ccccc4)cccc2-c2ccccc2)c2cc(-c4ccc(C(C)(C)C)cc4C(C)(C)C)cc4c2B3c2ccc(-n3c5ccc(C(C)(C)C)cc5c5cc(C(C)(C)C)ccc53)cc2N4c2c(-c3ccccc3)cccc2-c2ccccc2)c(C(C)(C)C)c1. The Kier molecular flexibility index (Phi) is 16.8. The van der Waals surface area contributed by atoms with Crippen molar-refractivity contribution in [2.75, 3.05) is 9.80 Å². The van der Waals surface area contributed by atoms with Gasteiger partial charge < -0.3 is 14.4 Å². The number of para-hydroxylation sites is 2. The molecule has 526 valence electrons. The van der Waals surface area contributed by atoms with Gasteiger partial charge in [-0.05, 0) is 181 Å². The maximum absolute atomic E-state index is 2.73. The molecule has 0 unspecified atom stereocenters. The van der Waals surface area contributed by atoms with Crippen LogP contribution in [0, 0.1) is 0 Å². The molecule has 3 nitrogen and oxygen atoms in total. The molecule has 13 aromatic carbocycles. The van der Waals surface area contributed by atoms with E-state index >= 15 is 0 Å². The molecule has 1 aromatic heterocycles. The van der Waals surface area contributed by atoms with Gasteiger partial charge in [0, 0.05) is 61.5 Å². The second-order valence-corrected chi connectivity index (χ2v) is 36.2. The van der Waals surface area contributed by atoms with E-state index in [0.29, 0.717) is 0 Å². The van der Waals surface area contributed by atoms with Crippen molar-refractivity contribution in [2.24, 2.45) is 0 Å². The van der Waals surface area contributed by atoms with Gasteiger partial charge in [0.25, 0.3) is 6.71 Å². The van der Waals surface area contributed by atoms with E-state index in [1.54, 1.807) is 0 Å². The summed E-state index contributed by atoms with van der Waals surface area (Å²) in [6.07, 6.45) is 0. The van der Waals surface area contributed by atoms with Gasteiger partial charge in [-0.25, -0.2) is 0 Å². The highest BCUT2D eigenvalue weighted by atomic mass is 15.2. The number of benzene rings is 13. The third kappa shape index (κ3) is 12.2. The fourth-order valence-electron chi connectivity index (χ4n) is 16.9. The van der Waals surface area contributed by atoms with Crippen molar-refractivity contribution in [1.82, 2.24) is 4.57 Å². The quantitative estimate of drug-likeness (QED) is 0.133. The predicted molar refractivity (Wildman–Crippen MR) is 460 cm³/mol. The first kappa shape index (κ1) is 69.7. The van der Waals surface area contributed by atoms with Crippen molar-refractivity contribution in [2.45, 2.75) is 157 Å². The van der Waals surface area contributed by atoms with Gasteiger partial charge >= 0.3 is 0 Å². The van der Waals surface area contributed by atoms with E-state index in [1.165, 1.54) is 88.3 Å². The van der Waals surface area contributed by atoms with Gasteiger partial charge in [0.1, 0.15) is 0 Å². The van der Waals surface area contributed by atoms with E-state index in [0.717, 1.165) is 89.9 Å². The number of hydrogen-bond donors (Lipinski definition) is 0. The van der Waals surface area contributed by atoms with Crippen molar-refractivity contribution in [1.29, 1.82) is 0 Å². The van der Waals surface area contributed by atoms with Gasteiger partial charge in [-0.2, -0.15) is 0 Å². The Morgan fingerprint density at radius 2 is 0.566 bits per heavy atom. The number of hydrogen-bond acceptors (Lipinski definition) is 2. The summed E-state index contributed by atoms with van der Waals surface area (Å²) in [5.74, 6) is 0. The molecule has 0 amide bonds. The Morgan fingerprint density at radius 3 is 0.934 bits per heavy atom. The number of nitrogens with zero attached hydrogens (tertiary/aromatic N) is 3. The molecule has 0 atom stereocenters. The van der Waals surface area contributed by atoms with Gasteiger partial charge in [0.15, 0.2) is 0 Å². The zero-order valence-corrected chi connectivity index (χ0v) is 65.5. The molecule has 0 fully saturated rings. The molecule has 0 N–H and O–H groups in total. The number of rotatable bonds is 9. The lowest BCUT2D eigenvalue weighted by Gasteiger charge is -2.46. The highest BCUT2D eigenvalue weighted by Gasteiger charge is 2.46. The molecule has 0 saturated heterocycles. The molecule has 0 radical (unpaired) electrons. The van der Waals surface area contributed by atoms with Gasteiger partial charge in [-0.3, -0.25) is 0 Å². The molecular formula is C102H100BN3. The molecule has 3 heterocycles. The lowest BCUT2D eigenvalue weighted by atomic mass is 9.33. The van der Waals surface area contributed by atoms with E-state index in [9.17, 15) is 0 Å². The van der Waals surface area contributed by atoms with Crippen LogP contribution in [0.15, 0.2) is 279 Å². The van der Waals surface area contributed by atoms with Gasteiger partial charge in [0.05, 0.1) is 22.4 Å². The van der Waals surface area contributed by atoms with Crippen LogP contribution in [0.2, 0.25) is 0 Å². The van der Waals surface area contributed by atoms with Crippen LogP contribution < -0.4 is 26.2 Å². The van der Waals surface area contributed by atoms with Crippen LogP contribution in [0.1, 0.15) is 158 Å². The van der Waals surface area contributed by atoms with Crippen LogP contribution in [0.3, 0.4) is 0 Å². The number of anilines is 6. The average molecular weight is 1380 g/mol. The Bertz CT molecular complexity index is 5570. The van der Waals surface area contributed by atoms with E-state index in [1.807, 2.05) is 0 Å². The smallest absolute Gasteiger partial charge is 0.252 e. The summed E-state index contributed by atoms with van der Waals surface area (Å²) in [7, 11) is 0. The second-order valence-electron chi connectivity index (χ2n) is 36.2. The molecule has 0 bridgehead atoms. The Balaban J connectivity index is 1.11. The van der Waals surface area contributed by atoms with Crippen LogP contribution in [-0.4, -0.2) is 11.3 Å². The monoisotopic (exact) mass is 1380 g/mol. The van der Waals surface area contributed by atoms with Crippen molar-refractivity contribution < 1.29 is 0 Å². The zero-order chi connectivity index (χ0) is 74.3. The van der Waals surface area contributed by atoms with Crippen molar-refractivity contribution in [3.63, 3.8) is 0 Å². The molecule has 106 heavy (non-hydrogen) atoms. The fraction of sp³-hybridized carbons (Fsp3) is 0.235. The van der Waals surface area contributed by atoms with E-state index < -0.39 is 0 Å². The lowest BCUT2D eigenvalue weighted by molar-refractivity contribution is 0.569. The first-order valence-electron chi connectivity index (χ1n) is 38.3. The topological polar surface area (TPSA) is 11.4 Å². The summed E-state index contributed by atoms with van der Waals surface area (Å²) in [6.45, 7) is 42.2. The first-order valence-corrected chi connectivity index (χ1v) is 38.3. The summed E-state index contributed by atoms with van der Waals surface area (Å²) in [5.41, 5.74) is 35.3. The van der Waals surface area contributed by atoms with Crippen LogP contribution in [-0.2, 0) is 32.5 Å². The second kappa shape index (κ2) is 25.5. The molecule has 2 aliphatic rings. The Morgan fingerprint density at radius 1 is 0.236 bits per heavy atom. The first-order chi connectivity index (χ1) is 50.4. The van der Waals surface area contributed by atoms with Crippen LogP contribution in [0.25, 0.3) is 94.3 Å². The minimum Gasteiger partial charge on any atom is -0.310 e. The maximum Gasteiger partial charge on any atom is 0.252 e. The maximum atomic E-state index is 2.73. The largest absolute Gasteiger partial charge is 0.310 e. The average Bonchev–Trinajstić information content (AvgIpc) is 0.724. The minimum atomic E-state index is -0.245. The van der Waals surface area contributed by atoms with Gasteiger partial charge in [0.2, 0.25) is 0 Å². The molecule has 0 spiro atoms. The number of aromatic nitrogens is 1. The molecule has 0 aliphatic carbocycles. The standard InChI is InChI=1S/C102H100BN3/c1-97(2,3)71-48-55-88-82(60-71)83-61-72(98(4,5)6)49-56-89(83)104(88)75-50-54-87-91(64-75)106(96-80(67-37-27-21-28-38-67)43-32-44-81(96)68-39-29-22-30-40-68)93-59-70(77-52-47-74(100(10,11)12)63-85(77)102(16,17)18)58-92-94(93)103(87)86-53-45-69(76-51-46-73(99(7,8)9)62-84(76)101(13,14)15)57-90(86)105(92)95-78(65-33-23-19-24-34-65)41-31-42-79(95)66-35-25-20-26-36-66/h19-64H,1-18H3. The summed E-state index contributed by atoms with van der Waals surface area (Å²) in [4.78, 5) is 5.47. The third-order valence-electron chi connectivity index (χ3n) is 22.7. The zero-order valence-electron chi connectivity index (χ0n) is 65.5. The van der Waals surface area contributed by atoms with Crippen LogP contribution >= 0.6 is 0 Å². The van der Waals surface area contributed by atoms with Gasteiger partial charge in [-0.1, -0.05) is 349 Å². The van der Waals surface area contributed by atoms with E-state index in [4.69, 9.17) is 0 Å². The van der Waals surface area contributed by atoms with Gasteiger partial charge in [-0.15, -0.1) is 0 Å². The minimum absolute atomic E-state index is 0.0437. The van der Waals surface area contributed by atoms with Crippen molar-refractivity contribution in [3.05, 3.63) is 312 Å². The highest BCUT2D eigenvalue weighted by molar-refractivity contribution is 7.00. The van der Waals surface area contributed by atoms with Crippen molar-refractivity contribution in [3.8, 4) is 72.4 Å². The van der Waals surface area contributed by atoms with Crippen LogP contribution in [0.4, 0.5) is 34.1 Å². The lowest BCUT2D eigenvalue weighted by Crippen LogP contribution is -2.61. The normalized spacial score (nSPS) is 13.3. The van der Waals surface area contributed by atoms with E-state index in [2.05, 4.69) is 418 Å². The fourth-order valence-corrected chi connectivity index (χ4v) is 16.9. The van der Waals surface area contributed by atoms with Crippen molar-refractivity contribution >= 4 is 79.0 Å². The number of fused-ring (bicyclic) bond motifs is 7. The summed E-state index contributed by atoms with van der Waals surface area (Å²) < 4.78 is 2.57. The summed E-state index contributed by atoms with van der Waals surface area (Å²) in [6, 6.07) is 108. The third-order valence-corrected chi connectivity index (χ3v) is 22.7. The molecular weight excluding hydrogens is 1280 g/mol.